The largest absolute Gasteiger partial charge is 0.322 e. The fourth-order valence-electron chi connectivity index (χ4n) is 4.21. The zero-order valence-corrected chi connectivity index (χ0v) is 17.0. The molecular formula is C20H22ClN3O3S. The molecule has 1 aliphatic heterocycles. The molecule has 8 heteroatoms. The van der Waals surface area contributed by atoms with Gasteiger partial charge in [0.15, 0.2) is 0 Å². The van der Waals surface area contributed by atoms with Crippen LogP contribution in [0.3, 0.4) is 0 Å². The number of hydrogen-bond donors (Lipinski definition) is 2. The first-order valence-corrected chi connectivity index (χ1v) is 11.1. The molecule has 2 amide bonds. The molecule has 4 rings (SSSR count). The van der Waals surface area contributed by atoms with Gasteiger partial charge < -0.3 is 10.2 Å². The second-order valence-electron chi connectivity index (χ2n) is 7.49. The highest BCUT2D eigenvalue weighted by Crippen LogP contribution is 2.38. The summed E-state index contributed by atoms with van der Waals surface area (Å²) in [6, 6.07) is 13.0. The van der Waals surface area contributed by atoms with Crippen LogP contribution in [0.5, 0.6) is 0 Å². The molecule has 148 valence electrons. The molecule has 2 bridgehead atoms. The first-order valence-electron chi connectivity index (χ1n) is 9.24. The number of anilines is 1. The molecule has 1 saturated carbocycles. The van der Waals surface area contributed by atoms with Crippen LogP contribution in [0.15, 0.2) is 53.4 Å². The minimum absolute atomic E-state index is 0.143. The summed E-state index contributed by atoms with van der Waals surface area (Å²) < 4.78 is 28.1. The van der Waals surface area contributed by atoms with E-state index in [2.05, 4.69) is 10.0 Å². The zero-order valence-electron chi connectivity index (χ0n) is 15.4. The molecule has 2 aliphatic rings. The average molecular weight is 420 g/mol. The number of carbonyl (C=O) groups is 1. The molecule has 28 heavy (non-hydrogen) atoms. The van der Waals surface area contributed by atoms with Gasteiger partial charge in [-0.15, -0.1) is 0 Å². The van der Waals surface area contributed by atoms with Crippen molar-refractivity contribution in [1.29, 1.82) is 0 Å². The number of carbonyl (C=O) groups excluding carboxylic acids is 1. The van der Waals surface area contributed by atoms with Crippen molar-refractivity contribution in [1.82, 2.24) is 9.62 Å². The van der Waals surface area contributed by atoms with Gasteiger partial charge in [-0.25, -0.2) is 17.9 Å². The van der Waals surface area contributed by atoms with Gasteiger partial charge in [0, 0.05) is 23.3 Å². The second kappa shape index (κ2) is 7.39. The number of benzene rings is 2. The van der Waals surface area contributed by atoms with Gasteiger partial charge in [0.25, 0.3) is 0 Å². The van der Waals surface area contributed by atoms with Crippen LogP contribution in [-0.4, -0.2) is 38.0 Å². The summed E-state index contributed by atoms with van der Waals surface area (Å²) in [5.41, 5.74) is 1.59. The topological polar surface area (TPSA) is 78.5 Å². The second-order valence-corrected chi connectivity index (χ2v) is 9.64. The standard InChI is InChI=1S/C20H22ClN3O3S/c1-13-9-15(21)7-8-17(13)22-20(25)24-12-14-10-18(19(24)11-14)23-28(26,27)16-5-3-2-4-6-16/h2-9,14,18-19,23H,10-12H2,1H3,(H,22,25). The van der Waals surface area contributed by atoms with Crippen molar-refractivity contribution in [2.45, 2.75) is 36.7 Å². The maximum Gasteiger partial charge on any atom is 0.322 e. The Morgan fingerprint density at radius 3 is 2.57 bits per heavy atom. The smallest absolute Gasteiger partial charge is 0.320 e. The average Bonchev–Trinajstić information content (AvgIpc) is 3.25. The summed E-state index contributed by atoms with van der Waals surface area (Å²) in [6.45, 7) is 2.53. The normalized spacial score (nSPS) is 23.8. The third kappa shape index (κ3) is 3.74. The van der Waals surface area contributed by atoms with Gasteiger partial charge in [0.05, 0.1) is 10.9 Å². The molecule has 6 nitrogen and oxygen atoms in total. The number of sulfonamides is 1. The first kappa shape index (κ1) is 19.2. The van der Waals surface area contributed by atoms with Crippen molar-refractivity contribution in [3.05, 3.63) is 59.1 Å². The summed E-state index contributed by atoms with van der Waals surface area (Å²) in [7, 11) is -3.61. The Labute approximate surface area is 169 Å². The molecule has 3 unspecified atom stereocenters. The maximum absolute atomic E-state index is 12.8. The van der Waals surface area contributed by atoms with Crippen molar-refractivity contribution in [3.8, 4) is 0 Å². The molecule has 0 aromatic heterocycles. The van der Waals surface area contributed by atoms with E-state index < -0.39 is 10.0 Å². The summed E-state index contributed by atoms with van der Waals surface area (Å²) >= 11 is 5.97. The third-order valence-electron chi connectivity index (χ3n) is 5.53. The lowest BCUT2D eigenvalue weighted by Gasteiger charge is -2.33. The molecule has 3 atom stereocenters. The predicted molar refractivity (Wildman–Crippen MR) is 109 cm³/mol. The molecule has 1 aliphatic carbocycles. The maximum atomic E-state index is 12.8. The van der Waals surface area contributed by atoms with E-state index >= 15 is 0 Å². The van der Waals surface area contributed by atoms with Crippen LogP contribution in [0.4, 0.5) is 10.5 Å². The summed E-state index contributed by atoms with van der Waals surface area (Å²) in [5, 5.41) is 3.55. The number of piperidine rings is 1. The Balaban J connectivity index is 1.47. The van der Waals surface area contributed by atoms with E-state index in [-0.39, 0.29) is 23.0 Å². The molecule has 2 fully saturated rings. The van der Waals surface area contributed by atoms with Gasteiger partial charge in [0.2, 0.25) is 10.0 Å². The highest BCUT2D eigenvalue weighted by Gasteiger charge is 2.48. The molecule has 2 N–H and O–H groups in total. The highest BCUT2D eigenvalue weighted by atomic mass is 35.5. The quantitative estimate of drug-likeness (QED) is 0.794. The van der Waals surface area contributed by atoms with Crippen LogP contribution in [0.2, 0.25) is 5.02 Å². The van der Waals surface area contributed by atoms with E-state index in [1.807, 2.05) is 6.92 Å². The van der Waals surface area contributed by atoms with Gasteiger partial charge in [-0.1, -0.05) is 29.8 Å². The third-order valence-corrected chi connectivity index (χ3v) is 7.27. The van der Waals surface area contributed by atoms with E-state index in [1.165, 1.54) is 0 Å². The first-order chi connectivity index (χ1) is 13.3. The predicted octanol–water partition coefficient (Wildman–Crippen LogP) is 3.62. The van der Waals surface area contributed by atoms with E-state index in [1.54, 1.807) is 53.4 Å². The molecule has 1 heterocycles. The Morgan fingerprint density at radius 2 is 1.89 bits per heavy atom. The van der Waals surface area contributed by atoms with Gasteiger partial charge in [0.1, 0.15) is 0 Å². The van der Waals surface area contributed by atoms with E-state index in [4.69, 9.17) is 11.6 Å². The minimum Gasteiger partial charge on any atom is -0.320 e. The fraction of sp³-hybridized carbons (Fsp3) is 0.350. The number of halogens is 1. The molecular weight excluding hydrogens is 398 g/mol. The number of aryl methyl sites for hydroxylation is 1. The van der Waals surface area contributed by atoms with Crippen LogP contribution in [0.1, 0.15) is 18.4 Å². The Hall–Kier alpha value is -2.09. The Kier molecular flexibility index (Phi) is 5.07. The number of nitrogens with zero attached hydrogens (tertiary/aromatic N) is 1. The van der Waals surface area contributed by atoms with Crippen molar-refractivity contribution < 1.29 is 13.2 Å². The monoisotopic (exact) mass is 419 g/mol. The van der Waals surface area contributed by atoms with Crippen molar-refractivity contribution in [3.63, 3.8) is 0 Å². The van der Waals surface area contributed by atoms with Crippen LogP contribution in [0, 0.1) is 12.8 Å². The van der Waals surface area contributed by atoms with E-state index in [9.17, 15) is 13.2 Å². The summed E-state index contributed by atoms with van der Waals surface area (Å²) in [5.74, 6) is 0.311. The molecule has 1 saturated heterocycles. The SMILES string of the molecule is Cc1cc(Cl)ccc1NC(=O)N1CC2CC(NS(=O)(=O)c3ccccc3)C1C2. The Bertz CT molecular complexity index is 997. The number of rotatable bonds is 4. The Morgan fingerprint density at radius 1 is 1.14 bits per heavy atom. The lowest BCUT2D eigenvalue weighted by Crippen LogP contribution is -2.52. The van der Waals surface area contributed by atoms with Gasteiger partial charge in [-0.05, 0) is 61.6 Å². The number of nitrogens with one attached hydrogen (secondary N) is 2. The van der Waals surface area contributed by atoms with Gasteiger partial charge in [-0.2, -0.15) is 0 Å². The highest BCUT2D eigenvalue weighted by molar-refractivity contribution is 7.89. The number of likely N-dealkylation sites (tertiary alicyclic amines) is 1. The van der Waals surface area contributed by atoms with Gasteiger partial charge in [-0.3, -0.25) is 0 Å². The minimum atomic E-state index is -3.61. The lowest BCUT2D eigenvalue weighted by molar-refractivity contribution is 0.183. The van der Waals surface area contributed by atoms with Crippen LogP contribution < -0.4 is 10.0 Å². The molecule has 0 radical (unpaired) electrons. The summed E-state index contributed by atoms with van der Waals surface area (Å²) in [6.07, 6.45) is 1.56. The number of amides is 2. The number of fused-ring (bicyclic) bond motifs is 2. The molecule has 2 aromatic carbocycles. The zero-order chi connectivity index (χ0) is 19.9. The van der Waals surface area contributed by atoms with Crippen molar-refractivity contribution >= 4 is 33.3 Å². The van der Waals surface area contributed by atoms with Crippen LogP contribution >= 0.6 is 11.6 Å². The van der Waals surface area contributed by atoms with Crippen LogP contribution in [0.25, 0.3) is 0 Å². The van der Waals surface area contributed by atoms with Crippen molar-refractivity contribution in [2.24, 2.45) is 5.92 Å². The molecule has 2 aromatic rings. The number of urea groups is 1. The number of hydrogen-bond acceptors (Lipinski definition) is 3. The van der Waals surface area contributed by atoms with Crippen LogP contribution in [-0.2, 0) is 10.0 Å². The summed E-state index contributed by atoms with van der Waals surface area (Å²) in [4.78, 5) is 14.8. The lowest BCUT2D eigenvalue weighted by atomic mass is 10.1. The van der Waals surface area contributed by atoms with E-state index in [0.29, 0.717) is 23.2 Å². The fourth-order valence-corrected chi connectivity index (χ4v) is 5.74. The van der Waals surface area contributed by atoms with Gasteiger partial charge >= 0.3 is 6.03 Å². The molecule has 0 spiro atoms. The van der Waals surface area contributed by atoms with E-state index in [0.717, 1.165) is 18.4 Å². The van der Waals surface area contributed by atoms with Crippen molar-refractivity contribution in [2.75, 3.05) is 11.9 Å².